The van der Waals surface area contributed by atoms with Gasteiger partial charge in [-0.1, -0.05) is 36.4 Å². The maximum absolute atomic E-state index is 12.3. The van der Waals surface area contributed by atoms with Crippen LogP contribution in [-0.2, 0) is 45.8 Å². The molecule has 25 nitrogen and oxygen atoms in total. The van der Waals surface area contributed by atoms with E-state index in [0.717, 1.165) is 12.8 Å². The first-order valence-electron chi connectivity index (χ1n) is 17.5. The number of carbonyl (C=O) groups is 2. The third-order valence-electron chi connectivity index (χ3n) is 7.73. The van der Waals surface area contributed by atoms with Gasteiger partial charge in [-0.05, 0) is 43.0 Å². The Bertz CT molecular complexity index is 2190. The van der Waals surface area contributed by atoms with Crippen molar-refractivity contribution in [1.82, 2.24) is 25.2 Å². The molecule has 4 rings (SSSR count). The molecule has 2 aromatic heterocycles. The van der Waals surface area contributed by atoms with Crippen molar-refractivity contribution in [3.63, 3.8) is 0 Å². The Kier molecular flexibility index (Phi) is 17.8. The molecule has 322 valence electrons. The molecule has 0 bridgehead atoms. The highest BCUT2D eigenvalue weighted by Gasteiger charge is 2.41. The molecule has 0 spiro atoms. The molecule has 1 aliphatic rings. The molecular formula is C31H42N9O16P3. The highest BCUT2D eigenvalue weighted by molar-refractivity contribution is 7.66. The SMILES string of the molecule is CCCCNC(=O)c1cccc(OCC(N=[N+]=[N-])OCCOCC(=O)NCC#Cc2cn([C@H]3CC[C@@H](COP(=O)(O)OP(=O)(O)OP(=O)(O)O)O3)c3ncnc(N)c23)c1. The predicted octanol–water partition coefficient (Wildman–Crippen LogP) is 2.78. The number of azide groups is 1. The monoisotopic (exact) mass is 889 g/mol. The zero-order chi connectivity index (χ0) is 43.1. The lowest BCUT2D eigenvalue weighted by molar-refractivity contribution is -0.126. The minimum absolute atomic E-state index is 0.0227. The Balaban J connectivity index is 1.21. The second kappa shape index (κ2) is 22.2. The van der Waals surface area contributed by atoms with Crippen LogP contribution in [-0.4, -0.2) is 104 Å². The number of nitrogens with two attached hydrogens (primary N) is 1. The van der Waals surface area contributed by atoms with Gasteiger partial charge >= 0.3 is 23.5 Å². The Morgan fingerprint density at radius 1 is 1.14 bits per heavy atom. The molecule has 1 fully saturated rings. The Morgan fingerprint density at radius 2 is 1.93 bits per heavy atom. The van der Waals surface area contributed by atoms with Crippen molar-refractivity contribution in [1.29, 1.82) is 0 Å². The number of fused-ring (bicyclic) bond motifs is 1. The van der Waals surface area contributed by atoms with Gasteiger partial charge in [0.2, 0.25) is 5.91 Å². The van der Waals surface area contributed by atoms with Gasteiger partial charge in [-0.25, -0.2) is 23.7 Å². The van der Waals surface area contributed by atoms with Gasteiger partial charge in [0.25, 0.3) is 5.91 Å². The first-order valence-corrected chi connectivity index (χ1v) is 22.1. The van der Waals surface area contributed by atoms with Crippen LogP contribution in [0.4, 0.5) is 5.82 Å². The lowest BCUT2D eigenvalue weighted by Gasteiger charge is -2.19. The number of ether oxygens (including phenoxy) is 4. The van der Waals surface area contributed by atoms with E-state index in [2.05, 4.69) is 55.6 Å². The molecule has 8 N–H and O–H groups in total. The van der Waals surface area contributed by atoms with Gasteiger partial charge < -0.3 is 59.5 Å². The van der Waals surface area contributed by atoms with Crippen molar-refractivity contribution in [2.75, 3.05) is 51.9 Å². The Hall–Kier alpha value is -4.46. The van der Waals surface area contributed by atoms with E-state index >= 15 is 0 Å². The van der Waals surface area contributed by atoms with E-state index in [9.17, 15) is 33.1 Å². The number of nitrogens with zero attached hydrogens (tertiary/aromatic N) is 6. The first kappa shape index (κ1) is 47.2. The molecule has 28 heteroatoms. The van der Waals surface area contributed by atoms with Gasteiger partial charge in [0, 0.05) is 23.2 Å². The maximum Gasteiger partial charge on any atom is 0.490 e. The van der Waals surface area contributed by atoms with E-state index in [-0.39, 0.29) is 51.1 Å². The fraction of sp³-hybridized carbons (Fsp3) is 0.484. The smallest absolute Gasteiger partial charge is 0.490 e. The third kappa shape index (κ3) is 15.9. The highest BCUT2D eigenvalue weighted by Crippen LogP contribution is 2.66. The number of anilines is 1. The van der Waals surface area contributed by atoms with Gasteiger partial charge in [-0.3, -0.25) is 14.1 Å². The normalized spacial score (nSPS) is 17.8. The summed E-state index contributed by atoms with van der Waals surface area (Å²) in [5.74, 6) is 5.47. The predicted molar refractivity (Wildman–Crippen MR) is 204 cm³/mol. The number of nitrogen functional groups attached to an aromatic ring is 1. The number of hydrogen-bond donors (Lipinski definition) is 7. The van der Waals surface area contributed by atoms with Crippen LogP contribution in [0.3, 0.4) is 0 Å². The maximum atomic E-state index is 12.3. The molecular weight excluding hydrogens is 847 g/mol. The molecule has 59 heavy (non-hydrogen) atoms. The van der Waals surface area contributed by atoms with E-state index in [0.29, 0.717) is 40.9 Å². The minimum atomic E-state index is -5.67. The van der Waals surface area contributed by atoms with E-state index in [4.69, 9.17) is 40.0 Å². The van der Waals surface area contributed by atoms with Gasteiger partial charge in [0.15, 0.2) is 6.23 Å². The number of unbranched alkanes of at least 4 members (excludes halogenated alkanes) is 1. The van der Waals surface area contributed by atoms with Crippen LogP contribution in [0.25, 0.3) is 21.5 Å². The van der Waals surface area contributed by atoms with Crippen LogP contribution in [0.15, 0.2) is 41.9 Å². The second-order valence-corrected chi connectivity index (χ2v) is 16.6. The number of nitrogens with one attached hydrogen (secondary N) is 2. The summed E-state index contributed by atoms with van der Waals surface area (Å²) in [5.41, 5.74) is 16.2. The average molecular weight is 890 g/mol. The minimum Gasteiger partial charge on any atom is -0.491 e. The van der Waals surface area contributed by atoms with Gasteiger partial charge in [0.05, 0.1) is 43.4 Å². The Morgan fingerprint density at radius 3 is 2.68 bits per heavy atom. The molecule has 1 aliphatic heterocycles. The number of phosphoric ester groups is 1. The van der Waals surface area contributed by atoms with Crippen molar-refractivity contribution in [3.8, 4) is 17.6 Å². The van der Waals surface area contributed by atoms with Crippen LogP contribution in [0.1, 0.15) is 54.8 Å². The fourth-order valence-corrected chi connectivity index (χ4v) is 8.26. The van der Waals surface area contributed by atoms with Crippen LogP contribution < -0.4 is 21.1 Å². The highest BCUT2D eigenvalue weighted by atomic mass is 31.3. The zero-order valence-electron chi connectivity index (χ0n) is 31.3. The summed E-state index contributed by atoms with van der Waals surface area (Å²) in [7, 11) is -16.6. The van der Waals surface area contributed by atoms with Crippen molar-refractivity contribution in [2.24, 2.45) is 5.11 Å². The standard InChI is InChI=1S/C31H42N9O16P3/c1-2-3-11-35-31(42)21-6-4-8-23(15-21)52-19-26(38-39-33)51-14-13-50-18-25(41)34-12-5-7-22-16-40(30-28(22)29(32)36-20-37-30)27-10-9-24(54-27)17-53-58(46,47)56-59(48,49)55-57(43,44)45/h4,6,8,15-16,20,24,26-27H,2-3,9-14,17-19H2,1H3,(H,34,41)(H,35,42)(H,46,47)(H,48,49)(H2,32,36,37)(H2,43,44,45)/t24-,26?,27+/m0/s1. The summed E-state index contributed by atoms with van der Waals surface area (Å²) in [5, 5.41) is 9.35. The molecule has 5 atom stereocenters. The van der Waals surface area contributed by atoms with E-state index < -0.39 is 54.5 Å². The summed E-state index contributed by atoms with van der Waals surface area (Å²) in [6, 6.07) is 6.52. The summed E-state index contributed by atoms with van der Waals surface area (Å²) in [6.07, 6.45) is 2.65. The number of rotatable bonds is 23. The number of amides is 2. The molecule has 2 amide bonds. The van der Waals surface area contributed by atoms with Crippen LogP contribution in [0.2, 0.25) is 0 Å². The first-order chi connectivity index (χ1) is 28.0. The molecule has 1 saturated heterocycles. The lowest BCUT2D eigenvalue weighted by Crippen LogP contribution is -2.29. The quantitative estimate of drug-likeness (QED) is 0.0180. The summed E-state index contributed by atoms with van der Waals surface area (Å²) >= 11 is 0. The molecule has 3 heterocycles. The Labute approximate surface area is 335 Å². The number of hydrogen-bond acceptors (Lipinski definition) is 16. The third-order valence-corrected chi connectivity index (χ3v) is 11.5. The number of carbonyl (C=O) groups excluding carboxylic acids is 2. The lowest BCUT2D eigenvalue weighted by atomic mass is 10.2. The van der Waals surface area contributed by atoms with E-state index in [1.54, 1.807) is 35.0 Å². The zero-order valence-corrected chi connectivity index (χ0v) is 33.9. The van der Waals surface area contributed by atoms with E-state index in [1.807, 2.05) is 6.92 Å². The average Bonchev–Trinajstić information content (AvgIpc) is 3.79. The summed E-state index contributed by atoms with van der Waals surface area (Å²) < 4.78 is 70.6. The summed E-state index contributed by atoms with van der Waals surface area (Å²) in [4.78, 5) is 72.1. The second-order valence-electron chi connectivity index (χ2n) is 12.2. The van der Waals surface area contributed by atoms with E-state index in [1.165, 1.54) is 6.33 Å². The molecule has 3 aromatic rings. The van der Waals surface area contributed by atoms with Gasteiger partial charge in [0.1, 0.15) is 43.0 Å². The number of phosphoric acid groups is 3. The van der Waals surface area contributed by atoms with Crippen molar-refractivity contribution in [3.05, 3.63) is 58.4 Å². The van der Waals surface area contributed by atoms with Crippen LogP contribution >= 0.6 is 23.5 Å². The van der Waals surface area contributed by atoms with Crippen LogP contribution in [0, 0.1) is 11.8 Å². The van der Waals surface area contributed by atoms with Gasteiger partial charge in [-0.2, -0.15) is 8.62 Å². The fourth-order valence-electron chi connectivity index (χ4n) is 5.21. The summed E-state index contributed by atoms with van der Waals surface area (Å²) in [6.45, 7) is 1.34. The van der Waals surface area contributed by atoms with Gasteiger partial charge in [-0.15, -0.1) is 0 Å². The van der Waals surface area contributed by atoms with Crippen molar-refractivity contribution < 1.29 is 75.0 Å². The molecule has 0 saturated carbocycles. The number of benzene rings is 1. The van der Waals surface area contributed by atoms with Crippen LogP contribution in [0.5, 0.6) is 5.75 Å². The molecule has 0 radical (unpaired) electrons. The molecule has 1 aromatic carbocycles. The largest absolute Gasteiger partial charge is 0.491 e. The van der Waals surface area contributed by atoms with Crippen molar-refractivity contribution in [2.45, 2.75) is 51.2 Å². The molecule has 0 aliphatic carbocycles. The number of aromatic nitrogens is 3. The molecule has 3 unspecified atom stereocenters. The topological polar surface area (TPSA) is 360 Å². The van der Waals surface area contributed by atoms with Crippen molar-refractivity contribution >= 4 is 52.1 Å².